The molecule has 0 radical (unpaired) electrons. The van der Waals surface area contributed by atoms with Crippen LogP contribution in [-0.2, 0) is 0 Å². The lowest BCUT2D eigenvalue weighted by molar-refractivity contribution is 0.188. The summed E-state index contributed by atoms with van der Waals surface area (Å²) < 4.78 is 0. The molecule has 0 aliphatic heterocycles. The van der Waals surface area contributed by atoms with Crippen LogP contribution in [-0.4, -0.2) is 17.8 Å². The van der Waals surface area contributed by atoms with E-state index in [1.54, 1.807) is 0 Å². The number of hydrogen-bond donors (Lipinski definition) is 2. The molecule has 0 heterocycles. The quantitative estimate of drug-likeness (QED) is 0.848. The summed E-state index contributed by atoms with van der Waals surface area (Å²) in [6.07, 6.45) is 0.790. The van der Waals surface area contributed by atoms with E-state index < -0.39 is 0 Å². The normalized spacial score (nSPS) is 15.3. The Hall–Kier alpha value is -0.860. The van der Waals surface area contributed by atoms with Crippen LogP contribution in [0.15, 0.2) is 18.2 Å². The van der Waals surface area contributed by atoms with Crippen molar-refractivity contribution in [2.24, 2.45) is 5.41 Å². The number of rotatable bonds is 5. The number of benzene rings is 1. The van der Waals surface area contributed by atoms with Crippen LogP contribution in [0.5, 0.6) is 0 Å². The van der Waals surface area contributed by atoms with Crippen LogP contribution in [0.3, 0.4) is 0 Å². The molecule has 1 aromatic carbocycles. The molecule has 0 aliphatic rings. The Morgan fingerprint density at radius 2 is 1.79 bits per heavy atom. The minimum absolute atomic E-state index is 0.150. The summed E-state index contributed by atoms with van der Waals surface area (Å²) in [6.45, 7) is 13.4. The fourth-order valence-corrected chi connectivity index (χ4v) is 2.33. The molecule has 0 spiro atoms. The Kier molecular flexibility index (Phi) is 5.57. The van der Waals surface area contributed by atoms with E-state index in [9.17, 15) is 5.11 Å². The molecule has 0 aromatic heterocycles. The molecule has 0 saturated heterocycles. The van der Waals surface area contributed by atoms with Gasteiger partial charge < -0.3 is 10.4 Å². The average Bonchev–Trinajstić information content (AvgIpc) is 2.30. The second-order valence-corrected chi connectivity index (χ2v) is 6.66. The van der Waals surface area contributed by atoms with Crippen molar-refractivity contribution in [2.45, 2.75) is 60.0 Å². The second-order valence-electron chi connectivity index (χ2n) is 6.66. The maximum absolute atomic E-state index is 9.22. The van der Waals surface area contributed by atoms with Gasteiger partial charge in [-0.25, -0.2) is 0 Å². The highest BCUT2D eigenvalue weighted by molar-refractivity contribution is 5.31. The molecule has 0 amide bonds. The molecule has 19 heavy (non-hydrogen) atoms. The highest BCUT2D eigenvalue weighted by Gasteiger charge is 2.25. The van der Waals surface area contributed by atoms with Gasteiger partial charge in [0.05, 0.1) is 0 Å². The highest BCUT2D eigenvalue weighted by Crippen LogP contribution is 2.25. The number of aliphatic hydroxyl groups excluding tert-OH is 1. The smallest absolute Gasteiger partial charge is 0.0446 e. The Morgan fingerprint density at radius 1 is 1.16 bits per heavy atom. The van der Waals surface area contributed by atoms with E-state index in [0.717, 1.165) is 6.42 Å². The van der Waals surface area contributed by atoms with Crippen LogP contribution in [0.1, 0.15) is 56.8 Å². The third-order valence-electron chi connectivity index (χ3n) is 3.95. The first-order chi connectivity index (χ1) is 8.75. The van der Waals surface area contributed by atoms with Gasteiger partial charge in [0.1, 0.15) is 0 Å². The molecule has 1 aromatic rings. The van der Waals surface area contributed by atoms with Crippen LogP contribution < -0.4 is 5.32 Å². The van der Waals surface area contributed by atoms with Gasteiger partial charge in [-0.1, -0.05) is 39.0 Å². The summed E-state index contributed by atoms with van der Waals surface area (Å²) in [4.78, 5) is 0. The van der Waals surface area contributed by atoms with Crippen molar-refractivity contribution in [3.8, 4) is 0 Å². The number of hydrogen-bond acceptors (Lipinski definition) is 2. The average molecular weight is 263 g/mol. The summed E-state index contributed by atoms with van der Waals surface area (Å²) in [5, 5.41) is 12.9. The zero-order chi connectivity index (χ0) is 14.6. The molecule has 2 heteroatoms. The molecule has 108 valence electrons. The Balaban J connectivity index is 2.81. The third-order valence-corrected chi connectivity index (χ3v) is 3.95. The number of aryl methyl sites for hydroxylation is 2. The van der Waals surface area contributed by atoms with E-state index in [1.165, 1.54) is 16.7 Å². The van der Waals surface area contributed by atoms with Crippen LogP contribution >= 0.6 is 0 Å². The molecule has 0 bridgehead atoms. The van der Waals surface area contributed by atoms with Crippen molar-refractivity contribution in [3.63, 3.8) is 0 Å². The molecule has 2 unspecified atom stereocenters. The van der Waals surface area contributed by atoms with Crippen molar-refractivity contribution in [1.82, 2.24) is 5.32 Å². The van der Waals surface area contributed by atoms with Crippen molar-refractivity contribution < 1.29 is 5.11 Å². The molecule has 0 saturated carbocycles. The summed E-state index contributed by atoms with van der Waals surface area (Å²) in [5.74, 6) is 0. The van der Waals surface area contributed by atoms with Crippen molar-refractivity contribution in [3.05, 3.63) is 34.9 Å². The second kappa shape index (κ2) is 6.53. The topological polar surface area (TPSA) is 32.3 Å². The van der Waals surface area contributed by atoms with E-state index in [4.69, 9.17) is 0 Å². The molecule has 2 atom stereocenters. The Morgan fingerprint density at radius 3 is 2.26 bits per heavy atom. The summed E-state index contributed by atoms with van der Waals surface area (Å²) in [6, 6.07) is 7.25. The predicted octanol–water partition coefficient (Wildman–Crippen LogP) is 3.75. The van der Waals surface area contributed by atoms with Gasteiger partial charge in [0.15, 0.2) is 0 Å². The van der Waals surface area contributed by atoms with Gasteiger partial charge in [-0.05, 0) is 49.3 Å². The van der Waals surface area contributed by atoms with Gasteiger partial charge >= 0.3 is 0 Å². The predicted molar refractivity (Wildman–Crippen MR) is 82.4 cm³/mol. The van der Waals surface area contributed by atoms with Crippen molar-refractivity contribution >= 4 is 0 Å². The SMILES string of the molecule is Cc1ccc(C(C)NC(CCO)C(C)(C)C)cc1C. The van der Waals surface area contributed by atoms with Crippen molar-refractivity contribution in [2.75, 3.05) is 6.61 Å². The molecule has 2 nitrogen and oxygen atoms in total. The zero-order valence-electron chi connectivity index (χ0n) is 13.2. The highest BCUT2D eigenvalue weighted by atomic mass is 16.3. The first-order valence-corrected chi connectivity index (χ1v) is 7.19. The van der Waals surface area contributed by atoms with Crippen LogP contribution in [0, 0.1) is 19.3 Å². The fraction of sp³-hybridized carbons (Fsp3) is 0.647. The lowest BCUT2D eigenvalue weighted by atomic mass is 9.84. The van der Waals surface area contributed by atoms with Gasteiger partial charge in [0, 0.05) is 18.7 Å². The summed E-state index contributed by atoms with van der Waals surface area (Å²) in [5.41, 5.74) is 4.13. The number of aliphatic hydroxyl groups is 1. The first kappa shape index (κ1) is 16.2. The monoisotopic (exact) mass is 263 g/mol. The van der Waals surface area contributed by atoms with Crippen molar-refractivity contribution in [1.29, 1.82) is 0 Å². The lowest BCUT2D eigenvalue weighted by Crippen LogP contribution is -2.42. The summed E-state index contributed by atoms with van der Waals surface area (Å²) in [7, 11) is 0. The van der Waals surface area contributed by atoms with Crippen LogP contribution in [0.25, 0.3) is 0 Å². The Labute approximate surface area is 118 Å². The van der Waals surface area contributed by atoms with Gasteiger partial charge in [-0.3, -0.25) is 0 Å². The minimum atomic E-state index is 0.150. The first-order valence-electron chi connectivity index (χ1n) is 7.19. The van der Waals surface area contributed by atoms with Gasteiger partial charge in [-0.15, -0.1) is 0 Å². The number of nitrogens with one attached hydrogen (secondary N) is 1. The third kappa shape index (κ3) is 4.63. The standard InChI is InChI=1S/C17H29NO/c1-12-7-8-15(11-13(12)2)14(3)18-16(9-10-19)17(4,5)6/h7-8,11,14,16,18-19H,9-10H2,1-6H3. The maximum Gasteiger partial charge on any atom is 0.0446 e. The zero-order valence-corrected chi connectivity index (χ0v) is 13.2. The van der Waals surface area contributed by atoms with E-state index in [0.29, 0.717) is 12.1 Å². The molecule has 0 fully saturated rings. The fourth-order valence-electron chi connectivity index (χ4n) is 2.33. The molecular weight excluding hydrogens is 234 g/mol. The molecular formula is C17H29NO. The molecule has 0 aliphatic carbocycles. The van der Waals surface area contributed by atoms with E-state index in [2.05, 4.69) is 65.1 Å². The van der Waals surface area contributed by atoms with E-state index in [-0.39, 0.29) is 12.0 Å². The van der Waals surface area contributed by atoms with E-state index in [1.807, 2.05) is 0 Å². The largest absolute Gasteiger partial charge is 0.396 e. The van der Waals surface area contributed by atoms with Crippen LogP contribution in [0.4, 0.5) is 0 Å². The Bertz CT molecular complexity index is 406. The molecule has 2 N–H and O–H groups in total. The van der Waals surface area contributed by atoms with Gasteiger partial charge in [0.25, 0.3) is 0 Å². The minimum Gasteiger partial charge on any atom is -0.396 e. The van der Waals surface area contributed by atoms with Gasteiger partial charge in [-0.2, -0.15) is 0 Å². The van der Waals surface area contributed by atoms with Crippen LogP contribution in [0.2, 0.25) is 0 Å². The lowest BCUT2D eigenvalue weighted by Gasteiger charge is -2.34. The summed E-state index contributed by atoms with van der Waals surface area (Å²) >= 11 is 0. The van der Waals surface area contributed by atoms with E-state index >= 15 is 0 Å². The van der Waals surface area contributed by atoms with Gasteiger partial charge in [0.2, 0.25) is 0 Å². The molecule has 1 rings (SSSR count). The maximum atomic E-state index is 9.22.